The second kappa shape index (κ2) is 4.97. The fourth-order valence-corrected chi connectivity index (χ4v) is 2.16. The number of rotatable bonds is 2. The molecule has 5 nitrogen and oxygen atoms in total. The van der Waals surface area contributed by atoms with Crippen LogP contribution in [0.15, 0.2) is 36.4 Å². The summed E-state index contributed by atoms with van der Waals surface area (Å²) in [6.45, 7) is 3.75. The van der Waals surface area contributed by atoms with Gasteiger partial charge in [0.2, 0.25) is 0 Å². The van der Waals surface area contributed by atoms with Gasteiger partial charge in [-0.15, -0.1) is 5.10 Å². The maximum absolute atomic E-state index is 13.6. The Morgan fingerprint density at radius 1 is 1.10 bits per heavy atom. The van der Waals surface area contributed by atoms with Crippen molar-refractivity contribution in [1.29, 1.82) is 0 Å². The molecule has 6 heteroatoms. The van der Waals surface area contributed by atoms with Gasteiger partial charge in [-0.3, -0.25) is 0 Å². The minimum atomic E-state index is -0.324. The number of nitrogens with two attached hydrogens (primary N) is 1. The van der Waals surface area contributed by atoms with Crippen molar-refractivity contribution in [2.45, 2.75) is 13.8 Å². The van der Waals surface area contributed by atoms with Gasteiger partial charge in [0.15, 0.2) is 5.82 Å². The van der Waals surface area contributed by atoms with E-state index < -0.39 is 0 Å². The van der Waals surface area contributed by atoms with Crippen LogP contribution in [0.3, 0.4) is 0 Å². The molecule has 2 N–H and O–H groups in total. The highest BCUT2D eigenvalue weighted by Crippen LogP contribution is 2.24. The molecule has 1 aromatic heterocycles. The molecule has 3 rings (SSSR count). The molecule has 0 aliphatic heterocycles. The Bertz CT molecular complexity index is 789. The van der Waals surface area contributed by atoms with Crippen molar-refractivity contribution in [3.05, 3.63) is 53.3 Å². The van der Waals surface area contributed by atoms with Gasteiger partial charge in [-0.1, -0.05) is 12.1 Å². The third-order valence-corrected chi connectivity index (χ3v) is 3.28. The smallest absolute Gasteiger partial charge is 0.187 e. The van der Waals surface area contributed by atoms with Gasteiger partial charge in [0.1, 0.15) is 5.82 Å². The second-order valence-corrected chi connectivity index (χ2v) is 4.97. The number of hydrogen-bond donors (Lipinski definition) is 1. The number of hydrogen-bond acceptors (Lipinski definition) is 4. The van der Waals surface area contributed by atoms with Gasteiger partial charge < -0.3 is 5.73 Å². The molecule has 0 aliphatic rings. The minimum absolute atomic E-state index is 0.324. The van der Waals surface area contributed by atoms with Crippen molar-refractivity contribution < 1.29 is 4.39 Å². The second-order valence-electron chi connectivity index (χ2n) is 4.97. The Balaban J connectivity index is 2.14. The largest absolute Gasteiger partial charge is 0.398 e. The summed E-state index contributed by atoms with van der Waals surface area (Å²) in [4.78, 5) is 0. The SMILES string of the molecule is Cc1cc(F)cc(-n2nnnc2-c2ccc(C)c(N)c2)c1. The van der Waals surface area contributed by atoms with E-state index in [2.05, 4.69) is 15.5 Å². The standard InChI is InChI=1S/C15H14FN5/c1-9-5-12(16)8-13(6-9)21-15(18-19-20-21)11-4-3-10(2)14(17)7-11/h3-8H,17H2,1-2H3. The zero-order chi connectivity index (χ0) is 15.0. The topological polar surface area (TPSA) is 69.6 Å². The summed E-state index contributed by atoms with van der Waals surface area (Å²) in [5.74, 6) is 0.196. The highest BCUT2D eigenvalue weighted by atomic mass is 19.1. The highest BCUT2D eigenvalue weighted by molar-refractivity contribution is 5.64. The number of tetrazole rings is 1. The third-order valence-electron chi connectivity index (χ3n) is 3.28. The van der Waals surface area contributed by atoms with Gasteiger partial charge in [-0.25, -0.2) is 4.39 Å². The zero-order valence-corrected chi connectivity index (χ0v) is 11.7. The van der Waals surface area contributed by atoms with Crippen LogP contribution in [-0.2, 0) is 0 Å². The molecule has 2 aromatic carbocycles. The third kappa shape index (κ3) is 2.47. The Labute approximate surface area is 121 Å². The summed E-state index contributed by atoms with van der Waals surface area (Å²) in [7, 11) is 0. The van der Waals surface area contributed by atoms with Crippen LogP contribution in [0.2, 0.25) is 0 Å². The number of anilines is 1. The van der Waals surface area contributed by atoms with Crippen molar-refractivity contribution in [3.8, 4) is 17.1 Å². The van der Waals surface area contributed by atoms with Crippen LogP contribution in [0.4, 0.5) is 10.1 Å². The quantitative estimate of drug-likeness (QED) is 0.734. The molecular weight excluding hydrogens is 269 g/mol. The Morgan fingerprint density at radius 2 is 1.90 bits per heavy atom. The van der Waals surface area contributed by atoms with Crippen molar-refractivity contribution in [2.75, 3.05) is 5.73 Å². The lowest BCUT2D eigenvalue weighted by Crippen LogP contribution is -2.01. The normalized spacial score (nSPS) is 10.8. The van der Waals surface area contributed by atoms with Crippen LogP contribution in [-0.4, -0.2) is 20.2 Å². The van der Waals surface area contributed by atoms with Crippen molar-refractivity contribution in [2.24, 2.45) is 0 Å². The molecule has 106 valence electrons. The molecule has 0 unspecified atom stereocenters. The van der Waals surface area contributed by atoms with Crippen LogP contribution in [0.25, 0.3) is 17.1 Å². The Hall–Kier alpha value is -2.76. The van der Waals surface area contributed by atoms with Gasteiger partial charge in [0, 0.05) is 11.3 Å². The Kier molecular flexibility index (Phi) is 3.13. The van der Waals surface area contributed by atoms with Crippen LogP contribution < -0.4 is 5.73 Å². The molecule has 0 bridgehead atoms. The van der Waals surface area contributed by atoms with Crippen molar-refractivity contribution in [1.82, 2.24) is 20.2 Å². The zero-order valence-electron chi connectivity index (χ0n) is 11.7. The summed E-state index contributed by atoms with van der Waals surface area (Å²) in [5, 5.41) is 11.6. The van der Waals surface area contributed by atoms with E-state index in [1.54, 1.807) is 0 Å². The summed E-state index contributed by atoms with van der Waals surface area (Å²) >= 11 is 0. The predicted molar refractivity (Wildman–Crippen MR) is 78.4 cm³/mol. The average Bonchev–Trinajstić information content (AvgIpc) is 2.90. The van der Waals surface area contributed by atoms with E-state index in [9.17, 15) is 4.39 Å². The summed E-state index contributed by atoms with van der Waals surface area (Å²) < 4.78 is 15.1. The first-order chi connectivity index (χ1) is 10.0. The van der Waals surface area contributed by atoms with E-state index in [0.717, 1.165) is 16.7 Å². The van der Waals surface area contributed by atoms with Crippen molar-refractivity contribution >= 4 is 5.69 Å². The first-order valence-electron chi connectivity index (χ1n) is 6.47. The first kappa shape index (κ1) is 13.2. The molecule has 0 fully saturated rings. The lowest BCUT2D eigenvalue weighted by atomic mass is 10.1. The molecule has 3 aromatic rings. The van der Waals surface area contributed by atoms with Gasteiger partial charge >= 0.3 is 0 Å². The van der Waals surface area contributed by atoms with Crippen LogP contribution in [0.5, 0.6) is 0 Å². The molecular formula is C15H14FN5. The van der Waals surface area contributed by atoms with E-state index in [1.807, 2.05) is 38.1 Å². The van der Waals surface area contributed by atoms with Crippen molar-refractivity contribution in [3.63, 3.8) is 0 Å². The maximum Gasteiger partial charge on any atom is 0.187 e. The van der Waals surface area contributed by atoms with Crippen LogP contribution in [0.1, 0.15) is 11.1 Å². The number of halogens is 1. The van der Waals surface area contributed by atoms with Crippen LogP contribution >= 0.6 is 0 Å². The summed E-state index contributed by atoms with van der Waals surface area (Å²) in [5.41, 5.74) is 9.73. The first-order valence-corrected chi connectivity index (χ1v) is 6.47. The predicted octanol–water partition coefficient (Wildman–Crippen LogP) is 2.67. The lowest BCUT2D eigenvalue weighted by molar-refractivity contribution is 0.623. The van der Waals surface area contributed by atoms with Gasteiger partial charge in [-0.05, 0) is 59.7 Å². The van der Waals surface area contributed by atoms with Crippen LogP contribution in [0, 0.1) is 19.7 Å². The molecule has 0 aliphatic carbocycles. The molecule has 0 amide bonds. The summed E-state index contributed by atoms with van der Waals surface area (Å²) in [6, 6.07) is 10.3. The van der Waals surface area contributed by atoms with E-state index >= 15 is 0 Å². The molecule has 21 heavy (non-hydrogen) atoms. The number of nitrogens with zero attached hydrogens (tertiary/aromatic N) is 4. The molecule has 0 saturated heterocycles. The van der Waals surface area contributed by atoms with Gasteiger partial charge in [0.25, 0.3) is 0 Å². The molecule has 0 radical (unpaired) electrons. The van der Waals surface area contributed by atoms with Gasteiger partial charge in [0.05, 0.1) is 5.69 Å². The van der Waals surface area contributed by atoms with E-state index in [-0.39, 0.29) is 5.82 Å². The fraction of sp³-hybridized carbons (Fsp3) is 0.133. The molecule has 0 saturated carbocycles. The van der Waals surface area contributed by atoms with E-state index in [0.29, 0.717) is 17.2 Å². The number of aryl methyl sites for hydroxylation is 2. The lowest BCUT2D eigenvalue weighted by Gasteiger charge is -2.07. The summed E-state index contributed by atoms with van der Waals surface area (Å²) in [6.07, 6.45) is 0. The fourth-order valence-electron chi connectivity index (χ4n) is 2.16. The number of nitrogen functional groups attached to an aromatic ring is 1. The number of aromatic nitrogens is 4. The van der Waals surface area contributed by atoms with Gasteiger partial charge in [-0.2, -0.15) is 4.68 Å². The molecule has 0 spiro atoms. The molecule has 0 atom stereocenters. The molecule has 1 heterocycles. The van der Waals surface area contributed by atoms with E-state index in [4.69, 9.17) is 5.73 Å². The number of benzene rings is 2. The average molecular weight is 283 g/mol. The van der Waals surface area contributed by atoms with E-state index in [1.165, 1.54) is 16.8 Å². The monoisotopic (exact) mass is 283 g/mol. The maximum atomic E-state index is 13.6. The Morgan fingerprint density at radius 3 is 2.62 bits per heavy atom. The highest BCUT2D eigenvalue weighted by Gasteiger charge is 2.12. The minimum Gasteiger partial charge on any atom is -0.398 e.